The topological polar surface area (TPSA) is 142 Å². The smallest absolute Gasteiger partial charge is 0.433 e. The third-order valence-electron chi connectivity index (χ3n) is 5.95. The standard InChI is InChI=1S/C27H26F3N5O5/c1-13(31)23-22(25(37)32-14(2)24(36)33-17-7-5-6-8-18(17)38-3)35-26(40-23)16-9-11-19(39-4)21-15(16)10-12-20(34-21)27(28,29)30/h5-14H,31H2,1-4H3,(H,32,37)(H,33,36)/t13-,14+/m0/s1. The highest BCUT2D eigenvalue weighted by Crippen LogP contribution is 2.37. The number of ether oxygens (including phenoxy) is 2. The molecule has 2 atom stereocenters. The van der Waals surface area contributed by atoms with E-state index >= 15 is 0 Å². The number of para-hydroxylation sites is 2. The Morgan fingerprint density at radius 1 is 0.975 bits per heavy atom. The summed E-state index contributed by atoms with van der Waals surface area (Å²) in [6.45, 7) is 3.05. The molecule has 0 saturated heterocycles. The normalized spacial score (nSPS) is 13.0. The number of nitrogens with zero attached hydrogens (tertiary/aromatic N) is 2. The molecule has 0 aliphatic rings. The van der Waals surface area contributed by atoms with Gasteiger partial charge in [0, 0.05) is 10.9 Å². The van der Waals surface area contributed by atoms with E-state index in [4.69, 9.17) is 19.6 Å². The van der Waals surface area contributed by atoms with Crippen molar-refractivity contribution in [1.29, 1.82) is 0 Å². The zero-order valence-electron chi connectivity index (χ0n) is 21.9. The number of oxazole rings is 1. The Morgan fingerprint density at radius 3 is 2.33 bits per heavy atom. The first-order chi connectivity index (χ1) is 18.9. The van der Waals surface area contributed by atoms with Crippen molar-refractivity contribution >= 4 is 28.4 Å². The van der Waals surface area contributed by atoms with Crippen LogP contribution in [0.1, 0.15) is 41.8 Å². The van der Waals surface area contributed by atoms with Gasteiger partial charge in [0.15, 0.2) is 11.5 Å². The molecule has 40 heavy (non-hydrogen) atoms. The van der Waals surface area contributed by atoms with Crippen LogP contribution in [0.2, 0.25) is 0 Å². The van der Waals surface area contributed by atoms with Gasteiger partial charge in [-0.25, -0.2) is 9.97 Å². The number of aromatic nitrogens is 2. The summed E-state index contributed by atoms with van der Waals surface area (Å²) < 4.78 is 56.2. The predicted molar refractivity (Wildman–Crippen MR) is 140 cm³/mol. The first-order valence-electron chi connectivity index (χ1n) is 12.0. The largest absolute Gasteiger partial charge is 0.495 e. The number of benzene rings is 2. The molecule has 2 aromatic heterocycles. The lowest BCUT2D eigenvalue weighted by molar-refractivity contribution is -0.141. The minimum Gasteiger partial charge on any atom is -0.495 e. The molecule has 10 nitrogen and oxygen atoms in total. The Labute approximate surface area is 226 Å². The van der Waals surface area contributed by atoms with Gasteiger partial charge < -0.3 is 30.3 Å². The second-order valence-corrected chi connectivity index (χ2v) is 8.81. The predicted octanol–water partition coefficient (Wildman–Crippen LogP) is 4.70. The van der Waals surface area contributed by atoms with Crippen LogP contribution in [0.3, 0.4) is 0 Å². The van der Waals surface area contributed by atoms with Gasteiger partial charge in [-0.1, -0.05) is 12.1 Å². The summed E-state index contributed by atoms with van der Waals surface area (Å²) >= 11 is 0. The van der Waals surface area contributed by atoms with Crippen molar-refractivity contribution in [2.75, 3.05) is 19.5 Å². The number of fused-ring (bicyclic) bond motifs is 1. The fraction of sp³-hybridized carbons (Fsp3) is 0.259. The third kappa shape index (κ3) is 5.69. The Kier molecular flexibility index (Phi) is 7.96. The minimum atomic E-state index is -4.67. The van der Waals surface area contributed by atoms with Gasteiger partial charge in [-0.05, 0) is 50.2 Å². The molecule has 0 saturated carbocycles. The number of alkyl halides is 3. The molecular weight excluding hydrogens is 531 g/mol. The van der Waals surface area contributed by atoms with E-state index in [9.17, 15) is 22.8 Å². The van der Waals surface area contributed by atoms with E-state index in [2.05, 4.69) is 20.6 Å². The van der Waals surface area contributed by atoms with E-state index in [-0.39, 0.29) is 39.6 Å². The molecule has 0 radical (unpaired) electrons. The van der Waals surface area contributed by atoms with E-state index in [0.717, 1.165) is 6.07 Å². The van der Waals surface area contributed by atoms with Crippen molar-refractivity contribution < 1.29 is 36.7 Å². The van der Waals surface area contributed by atoms with Crippen LogP contribution in [0, 0.1) is 0 Å². The molecule has 0 spiro atoms. The van der Waals surface area contributed by atoms with Gasteiger partial charge in [-0.3, -0.25) is 9.59 Å². The second kappa shape index (κ2) is 11.2. The number of amides is 2. The Hall–Kier alpha value is -4.65. The second-order valence-electron chi connectivity index (χ2n) is 8.81. The van der Waals surface area contributed by atoms with Crippen LogP contribution >= 0.6 is 0 Å². The number of methoxy groups -OCH3 is 2. The van der Waals surface area contributed by atoms with Gasteiger partial charge in [0.25, 0.3) is 5.91 Å². The van der Waals surface area contributed by atoms with E-state index in [0.29, 0.717) is 11.4 Å². The zero-order valence-corrected chi connectivity index (χ0v) is 21.9. The van der Waals surface area contributed by atoms with E-state index in [1.165, 1.54) is 39.3 Å². The Balaban J connectivity index is 1.66. The Bertz CT molecular complexity index is 1570. The van der Waals surface area contributed by atoms with Gasteiger partial charge in [-0.2, -0.15) is 13.2 Å². The number of carbonyl (C=O) groups is 2. The highest BCUT2D eigenvalue weighted by atomic mass is 19.4. The van der Waals surface area contributed by atoms with E-state index in [1.54, 1.807) is 31.2 Å². The highest BCUT2D eigenvalue weighted by Gasteiger charge is 2.33. The first kappa shape index (κ1) is 28.4. The molecule has 13 heteroatoms. The van der Waals surface area contributed by atoms with Crippen LogP contribution in [0.25, 0.3) is 22.4 Å². The number of hydrogen-bond donors (Lipinski definition) is 3. The summed E-state index contributed by atoms with van der Waals surface area (Å²) in [5.41, 5.74) is 5.38. The SMILES string of the molecule is COc1ccccc1NC(=O)[C@@H](C)NC(=O)c1nc(-c2ccc(OC)c3nc(C(F)(F)F)ccc23)oc1[C@H](C)N. The number of nitrogens with two attached hydrogens (primary N) is 1. The van der Waals surface area contributed by atoms with Crippen molar-refractivity contribution in [2.24, 2.45) is 5.73 Å². The number of hydrogen-bond acceptors (Lipinski definition) is 8. The van der Waals surface area contributed by atoms with Gasteiger partial charge in [0.1, 0.15) is 28.8 Å². The monoisotopic (exact) mass is 557 g/mol. The molecule has 0 aliphatic heterocycles. The number of carbonyl (C=O) groups excluding carboxylic acids is 2. The highest BCUT2D eigenvalue weighted by molar-refractivity contribution is 6.02. The van der Waals surface area contributed by atoms with E-state index < -0.39 is 35.8 Å². The van der Waals surface area contributed by atoms with Crippen LogP contribution in [0.4, 0.5) is 18.9 Å². The molecule has 4 rings (SSSR count). The minimum absolute atomic E-state index is 0.0219. The van der Waals surface area contributed by atoms with Crippen molar-refractivity contribution in [3.8, 4) is 23.0 Å². The Morgan fingerprint density at radius 2 is 1.68 bits per heavy atom. The summed E-state index contributed by atoms with van der Waals surface area (Å²) in [7, 11) is 2.77. The van der Waals surface area contributed by atoms with Crippen LogP contribution < -0.4 is 25.8 Å². The number of anilines is 1. The van der Waals surface area contributed by atoms with Gasteiger partial charge in [-0.15, -0.1) is 0 Å². The molecule has 2 aromatic carbocycles. The molecule has 4 N–H and O–H groups in total. The number of nitrogens with one attached hydrogen (secondary N) is 2. The summed E-state index contributed by atoms with van der Waals surface area (Å²) in [6.07, 6.45) is -4.67. The van der Waals surface area contributed by atoms with Crippen molar-refractivity contribution in [2.45, 2.75) is 32.1 Å². The molecule has 2 amide bonds. The lowest BCUT2D eigenvalue weighted by atomic mass is 10.1. The van der Waals surface area contributed by atoms with Crippen LogP contribution in [0.5, 0.6) is 11.5 Å². The van der Waals surface area contributed by atoms with Crippen molar-refractivity contribution in [3.05, 3.63) is 65.7 Å². The lowest BCUT2D eigenvalue weighted by Gasteiger charge is -2.15. The van der Waals surface area contributed by atoms with Crippen LogP contribution in [-0.2, 0) is 11.0 Å². The summed E-state index contributed by atoms with van der Waals surface area (Å²) in [4.78, 5) is 34.0. The maximum Gasteiger partial charge on any atom is 0.433 e. The fourth-order valence-corrected chi connectivity index (χ4v) is 3.94. The molecule has 4 aromatic rings. The molecule has 210 valence electrons. The summed E-state index contributed by atoms with van der Waals surface area (Å²) in [5.74, 6) is -0.752. The van der Waals surface area contributed by atoms with Gasteiger partial charge in [0.2, 0.25) is 11.8 Å². The van der Waals surface area contributed by atoms with Crippen LogP contribution in [-0.4, -0.2) is 42.0 Å². The van der Waals surface area contributed by atoms with Crippen molar-refractivity contribution in [1.82, 2.24) is 15.3 Å². The molecule has 0 fully saturated rings. The zero-order chi connectivity index (χ0) is 29.2. The van der Waals surface area contributed by atoms with Crippen molar-refractivity contribution in [3.63, 3.8) is 0 Å². The first-order valence-corrected chi connectivity index (χ1v) is 12.0. The maximum atomic E-state index is 13.3. The van der Waals surface area contributed by atoms with Gasteiger partial charge in [0.05, 0.1) is 25.9 Å². The number of halogens is 3. The molecular formula is C27H26F3N5O5. The fourth-order valence-electron chi connectivity index (χ4n) is 3.94. The maximum absolute atomic E-state index is 13.3. The van der Waals surface area contributed by atoms with Crippen LogP contribution in [0.15, 0.2) is 52.9 Å². The van der Waals surface area contributed by atoms with Gasteiger partial charge >= 0.3 is 6.18 Å². The average Bonchev–Trinajstić information content (AvgIpc) is 3.38. The quantitative estimate of drug-likeness (QED) is 0.283. The summed E-state index contributed by atoms with van der Waals surface area (Å²) in [6, 6.07) is 10.0. The average molecular weight is 558 g/mol. The molecule has 2 heterocycles. The molecule has 0 unspecified atom stereocenters. The molecule has 0 bridgehead atoms. The third-order valence-corrected chi connectivity index (χ3v) is 5.95. The number of pyridine rings is 1. The lowest BCUT2D eigenvalue weighted by Crippen LogP contribution is -2.42. The van der Waals surface area contributed by atoms with E-state index in [1.807, 2.05) is 0 Å². The number of rotatable bonds is 8. The summed E-state index contributed by atoms with van der Waals surface area (Å²) in [5, 5.41) is 5.50. The molecule has 0 aliphatic carbocycles.